The molecule has 108 valence electrons. The standard InChI is InChI=1S/C15H21N3OS/c1-12-15(11-16-9-10-20(3)19)13(2)18(17-12)14-7-5-4-6-8-14/h4-8,16H,9-11H2,1-3H3. The highest BCUT2D eigenvalue weighted by molar-refractivity contribution is 7.84. The lowest BCUT2D eigenvalue weighted by Crippen LogP contribution is -2.20. The van der Waals surface area contributed by atoms with Gasteiger partial charge in [0.1, 0.15) is 0 Å². The molecule has 0 radical (unpaired) electrons. The first kappa shape index (κ1) is 14.9. The Hall–Kier alpha value is -1.46. The molecule has 1 atom stereocenters. The minimum absolute atomic E-state index is 0.685. The zero-order valence-corrected chi connectivity index (χ0v) is 13.0. The van der Waals surface area contributed by atoms with Crippen molar-refractivity contribution in [3.8, 4) is 5.69 Å². The minimum atomic E-state index is -0.742. The molecule has 0 aliphatic carbocycles. The fourth-order valence-corrected chi connectivity index (χ4v) is 2.61. The van der Waals surface area contributed by atoms with Gasteiger partial charge in [-0.2, -0.15) is 5.10 Å². The van der Waals surface area contributed by atoms with Crippen molar-refractivity contribution in [1.82, 2.24) is 15.1 Å². The van der Waals surface area contributed by atoms with Crippen LogP contribution in [0.2, 0.25) is 0 Å². The van der Waals surface area contributed by atoms with Crippen LogP contribution in [0.4, 0.5) is 0 Å². The van der Waals surface area contributed by atoms with E-state index in [1.165, 1.54) is 5.56 Å². The van der Waals surface area contributed by atoms with Crippen LogP contribution in [0.5, 0.6) is 0 Å². The predicted octanol–water partition coefficient (Wildman–Crippen LogP) is 1.96. The number of hydrogen-bond acceptors (Lipinski definition) is 3. The van der Waals surface area contributed by atoms with Crippen LogP contribution in [0.15, 0.2) is 30.3 Å². The van der Waals surface area contributed by atoms with Gasteiger partial charge in [0.25, 0.3) is 0 Å². The van der Waals surface area contributed by atoms with Crippen molar-refractivity contribution in [2.45, 2.75) is 20.4 Å². The second-order valence-electron chi connectivity index (χ2n) is 4.85. The third-order valence-electron chi connectivity index (χ3n) is 3.31. The Morgan fingerprint density at radius 2 is 1.95 bits per heavy atom. The molecule has 2 aromatic rings. The number of aryl methyl sites for hydroxylation is 1. The van der Waals surface area contributed by atoms with Crippen LogP contribution >= 0.6 is 0 Å². The lowest BCUT2D eigenvalue weighted by atomic mass is 10.2. The van der Waals surface area contributed by atoms with Gasteiger partial charge in [0.15, 0.2) is 0 Å². The molecule has 1 unspecified atom stereocenters. The predicted molar refractivity (Wildman–Crippen MR) is 83.7 cm³/mol. The van der Waals surface area contributed by atoms with Gasteiger partial charge in [-0.15, -0.1) is 0 Å². The number of rotatable bonds is 6. The molecule has 1 heterocycles. The maximum atomic E-state index is 11.0. The van der Waals surface area contributed by atoms with Crippen LogP contribution in [0.3, 0.4) is 0 Å². The summed E-state index contributed by atoms with van der Waals surface area (Å²) in [7, 11) is -0.742. The molecule has 5 heteroatoms. The quantitative estimate of drug-likeness (QED) is 0.828. The van der Waals surface area contributed by atoms with Gasteiger partial charge in [0, 0.05) is 47.2 Å². The van der Waals surface area contributed by atoms with Crippen molar-refractivity contribution < 1.29 is 4.21 Å². The van der Waals surface area contributed by atoms with Gasteiger partial charge in [-0.1, -0.05) is 18.2 Å². The highest BCUT2D eigenvalue weighted by Crippen LogP contribution is 2.17. The summed E-state index contributed by atoms with van der Waals surface area (Å²) >= 11 is 0. The summed E-state index contributed by atoms with van der Waals surface area (Å²) < 4.78 is 13.0. The average Bonchev–Trinajstić information content (AvgIpc) is 2.71. The molecule has 1 N–H and O–H groups in total. The number of aromatic nitrogens is 2. The second kappa shape index (κ2) is 6.81. The molecule has 2 rings (SSSR count). The Morgan fingerprint density at radius 3 is 2.60 bits per heavy atom. The summed E-state index contributed by atoms with van der Waals surface area (Å²) in [5.74, 6) is 0.685. The number of nitrogens with one attached hydrogen (secondary N) is 1. The van der Waals surface area contributed by atoms with Crippen LogP contribution in [-0.4, -0.2) is 32.5 Å². The molecule has 0 spiro atoms. The fourth-order valence-electron chi connectivity index (χ4n) is 2.18. The van der Waals surface area contributed by atoms with Crippen molar-refractivity contribution in [1.29, 1.82) is 0 Å². The summed E-state index contributed by atoms with van der Waals surface area (Å²) in [6.07, 6.45) is 1.73. The number of nitrogens with zero attached hydrogens (tertiary/aromatic N) is 2. The number of benzene rings is 1. The topological polar surface area (TPSA) is 46.9 Å². The third-order valence-corrected chi connectivity index (χ3v) is 4.09. The fraction of sp³-hybridized carbons (Fsp3) is 0.400. The first-order valence-corrected chi connectivity index (χ1v) is 8.43. The first-order chi connectivity index (χ1) is 9.59. The Balaban J connectivity index is 2.11. The van der Waals surface area contributed by atoms with Crippen LogP contribution in [0, 0.1) is 13.8 Å². The zero-order chi connectivity index (χ0) is 14.5. The van der Waals surface area contributed by atoms with E-state index in [0.717, 1.165) is 30.2 Å². The Kier molecular flexibility index (Phi) is 5.09. The summed E-state index contributed by atoms with van der Waals surface area (Å²) in [5, 5.41) is 7.94. The van der Waals surface area contributed by atoms with E-state index in [-0.39, 0.29) is 0 Å². The molecule has 0 aliphatic heterocycles. The van der Waals surface area contributed by atoms with Gasteiger partial charge < -0.3 is 5.32 Å². The molecule has 1 aromatic carbocycles. The van der Waals surface area contributed by atoms with Gasteiger partial charge in [0.2, 0.25) is 0 Å². The van der Waals surface area contributed by atoms with Crippen molar-refractivity contribution in [3.05, 3.63) is 47.3 Å². The van der Waals surface area contributed by atoms with Gasteiger partial charge >= 0.3 is 0 Å². The average molecular weight is 291 g/mol. The van der Waals surface area contributed by atoms with E-state index < -0.39 is 10.8 Å². The Bertz CT molecular complexity index is 593. The van der Waals surface area contributed by atoms with E-state index in [2.05, 4.69) is 29.5 Å². The Morgan fingerprint density at radius 1 is 1.25 bits per heavy atom. The number of para-hydroxylation sites is 1. The molecule has 0 saturated heterocycles. The van der Waals surface area contributed by atoms with Crippen LogP contribution < -0.4 is 5.32 Å². The van der Waals surface area contributed by atoms with Crippen molar-refractivity contribution in [2.24, 2.45) is 0 Å². The molecule has 0 amide bonds. The molecular formula is C15H21N3OS. The first-order valence-electron chi connectivity index (χ1n) is 6.71. The maximum absolute atomic E-state index is 11.0. The van der Waals surface area contributed by atoms with Crippen molar-refractivity contribution in [2.75, 3.05) is 18.6 Å². The summed E-state index contributed by atoms with van der Waals surface area (Å²) in [4.78, 5) is 0. The highest BCUT2D eigenvalue weighted by Gasteiger charge is 2.11. The minimum Gasteiger partial charge on any atom is -0.312 e. The van der Waals surface area contributed by atoms with Gasteiger partial charge in [0.05, 0.1) is 11.4 Å². The van der Waals surface area contributed by atoms with E-state index in [4.69, 9.17) is 0 Å². The monoisotopic (exact) mass is 291 g/mol. The van der Waals surface area contributed by atoms with Gasteiger partial charge in [-0.25, -0.2) is 4.68 Å². The normalized spacial score (nSPS) is 12.6. The lowest BCUT2D eigenvalue weighted by molar-refractivity contribution is 0.675. The smallest absolute Gasteiger partial charge is 0.0648 e. The zero-order valence-electron chi connectivity index (χ0n) is 12.2. The van der Waals surface area contributed by atoms with E-state index >= 15 is 0 Å². The molecule has 1 aromatic heterocycles. The second-order valence-corrected chi connectivity index (χ2v) is 6.41. The van der Waals surface area contributed by atoms with Gasteiger partial charge in [-0.05, 0) is 26.0 Å². The highest BCUT2D eigenvalue weighted by atomic mass is 32.2. The van der Waals surface area contributed by atoms with Gasteiger partial charge in [-0.3, -0.25) is 4.21 Å². The van der Waals surface area contributed by atoms with Crippen LogP contribution in [0.25, 0.3) is 5.69 Å². The molecular weight excluding hydrogens is 270 g/mol. The lowest BCUT2D eigenvalue weighted by Gasteiger charge is -2.06. The van der Waals surface area contributed by atoms with Crippen molar-refractivity contribution >= 4 is 10.8 Å². The molecule has 0 fully saturated rings. The Labute approximate surface area is 122 Å². The molecule has 0 bridgehead atoms. The maximum Gasteiger partial charge on any atom is 0.0648 e. The molecule has 4 nitrogen and oxygen atoms in total. The van der Waals surface area contributed by atoms with Crippen LogP contribution in [-0.2, 0) is 17.3 Å². The van der Waals surface area contributed by atoms with E-state index in [1.54, 1.807) is 6.26 Å². The molecule has 20 heavy (non-hydrogen) atoms. The van der Waals surface area contributed by atoms with Crippen molar-refractivity contribution in [3.63, 3.8) is 0 Å². The van der Waals surface area contributed by atoms with E-state index in [0.29, 0.717) is 5.75 Å². The molecule has 0 saturated carbocycles. The third kappa shape index (κ3) is 3.55. The summed E-state index contributed by atoms with van der Waals surface area (Å²) in [6, 6.07) is 10.1. The summed E-state index contributed by atoms with van der Waals surface area (Å²) in [6.45, 7) is 5.64. The molecule has 0 aliphatic rings. The van der Waals surface area contributed by atoms with Crippen LogP contribution in [0.1, 0.15) is 17.0 Å². The van der Waals surface area contributed by atoms with E-state index in [9.17, 15) is 4.21 Å². The van der Waals surface area contributed by atoms with E-state index in [1.807, 2.05) is 29.8 Å². The number of hydrogen-bond donors (Lipinski definition) is 1. The SMILES string of the molecule is Cc1nn(-c2ccccc2)c(C)c1CNCCS(C)=O. The largest absolute Gasteiger partial charge is 0.312 e. The summed E-state index contributed by atoms with van der Waals surface area (Å²) in [5.41, 5.74) is 4.49.